The van der Waals surface area contributed by atoms with E-state index in [1.54, 1.807) is 18.3 Å². The van der Waals surface area contributed by atoms with Gasteiger partial charge in [0.05, 0.1) is 18.5 Å². The number of hydrogen-bond donors (Lipinski definition) is 1. The van der Waals surface area contributed by atoms with Gasteiger partial charge in [-0.25, -0.2) is 4.98 Å². The number of ether oxygens (including phenoxy) is 1. The number of pyridine rings is 1. The summed E-state index contributed by atoms with van der Waals surface area (Å²) in [5.41, 5.74) is 1.31. The van der Waals surface area contributed by atoms with E-state index in [-0.39, 0.29) is 5.91 Å². The monoisotopic (exact) mass is 366 g/mol. The van der Waals surface area contributed by atoms with E-state index < -0.39 is 0 Å². The molecule has 2 aromatic rings. The Morgan fingerprint density at radius 3 is 2.48 bits per heavy atom. The predicted octanol–water partition coefficient (Wildman–Crippen LogP) is 2.87. The van der Waals surface area contributed by atoms with Gasteiger partial charge in [-0.1, -0.05) is 0 Å². The summed E-state index contributed by atoms with van der Waals surface area (Å²) in [7, 11) is 2.13. The molecule has 0 unspecified atom stereocenters. The maximum absolute atomic E-state index is 12.4. The van der Waals surface area contributed by atoms with Gasteiger partial charge < -0.3 is 19.9 Å². The van der Waals surface area contributed by atoms with E-state index in [1.807, 2.05) is 24.3 Å². The number of nitrogens with zero attached hydrogens (tertiary/aromatic N) is 3. The fraction of sp³-hybridized carbons (Fsp3) is 0.429. The number of anilines is 2. The van der Waals surface area contributed by atoms with Crippen LogP contribution in [0.1, 0.15) is 23.2 Å². The molecular weight excluding hydrogens is 340 g/mol. The summed E-state index contributed by atoms with van der Waals surface area (Å²) in [6, 6.07) is 11.2. The van der Waals surface area contributed by atoms with Gasteiger partial charge >= 0.3 is 0 Å². The molecule has 0 spiro atoms. The van der Waals surface area contributed by atoms with Crippen molar-refractivity contribution in [3.8, 4) is 5.75 Å². The third-order valence-electron chi connectivity index (χ3n) is 5.13. The first-order chi connectivity index (χ1) is 13.2. The van der Waals surface area contributed by atoms with Crippen molar-refractivity contribution in [2.75, 3.05) is 50.1 Å². The van der Waals surface area contributed by atoms with Crippen molar-refractivity contribution in [2.24, 2.45) is 5.92 Å². The molecular formula is C21H26N4O2. The summed E-state index contributed by atoms with van der Waals surface area (Å²) in [6.45, 7) is 4.81. The average molecular weight is 366 g/mol. The number of nitrogens with one attached hydrogen (secondary N) is 1. The minimum Gasteiger partial charge on any atom is -0.493 e. The van der Waals surface area contributed by atoms with Crippen LogP contribution in [0.4, 0.5) is 11.5 Å². The molecule has 2 heterocycles. The Bertz CT molecular complexity index is 764. The lowest BCUT2D eigenvalue weighted by molar-refractivity contribution is 0.102. The van der Waals surface area contributed by atoms with Crippen molar-refractivity contribution in [2.45, 2.75) is 12.8 Å². The summed E-state index contributed by atoms with van der Waals surface area (Å²) in [5, 5.41) is 2.91. The Balaban J connectivity index is 1.32. The maximum atomic E-state index is 12.4. The molecule has 2 aliphatic rings. The zero-order valence-corrected chi connectivity index (χ0v) is 15.7. The molecule has 1 saturated heterocycles. The second-order valence-electron chi connectivity index (χ2n) is 7.43. The molecule has 27 heavy (non-hydrogen) atoms. The number of carbonyl (C=O) groups is 1. The van der Waals surface area contributed by atoms with Crippen LogP contribution in [0.5, 0.6) is 5.75 Å². The Kier molecular flexibility index (Phi) is 5.25. The molecule has 0 radical (unpaired) electrons. The van der Waals surface area contributed by atoms with Gasteiger partial charge in [0.2, 0.25) is 0 Å². The summed E-state index contributed by atoms with van der Waals surface area (Å²) in [5.74, 6) is 2.35. The number of piperazine rings is 1. The van der Waals surface area contributed by atoms with Crippen LogP contribution in [0.15, 0.2) is 42.6 Å². The molecule has 0 bridgehead atoms. The molecule has 2 fully saturated rings. The van der Waals surface area contributed by atoms with Crippen molar-refractivity contribution in [1.82, 2.24) is 9.88 Å². The fourth-order valence-electron chi connectivity index (χ4n) is 3.09. The standard InChI is InChI=1S/C21H26N4O2/c1-24-10-12-25(13-11-24)20-9-6-18(14-22-20)23-21(26)17-4-7-19(8-5-17)27-15-16-2-3-16/h4-9,14,16H,2-3,10-13,15H2,1H3,(H,23,26). The number of hydrogen-bond acceptors (Lipinski definition) is 5. The van der Waals surface area contributed by atoms with Gasteiger partial charge in [0.1, 0.15) is 11.6 Å². The van der Waals surface area contributed by atoms with E-state index in [4.69, 9.17) is 4.74 Å². The van der Waals surface area contributed by atoms with E-state index in [1.165, 1.54) is 12.8 Å². The Labute approximate surface area is 160 Å². The highest BCUT2D eigenvalue weighted by molar-refractivity contribution is 6.04. The minimum atomic E-state index is -0.141. The van der Waals surface area contributed by atoms with Gasteiger partial charge in [0.15, 0.2) is 0 Å². The molecule has 1 aromatic heterocycles. The van der Waals surface area contributed by atoms with Crippen LogP contribution < -0.4 is 15.0 Å². The Morgan fingerprint density at radius 2 is 1.85 bits per heavy atom. The molecule has 142 valence electrons. The smallest absolute Gasteiger partial charge is 0.255 e. The van der Waals surface area contributed by atoms with Gasteiger partial charge in [0.25, 0.3) is 5.91 Å². The zero-order chi connectivity index (χ0) is 18.6. The van der Waals surface area contributed by atoms with Crippen LogP contribution in [-0.4, -0.2) is 55.6 Å². The molecule has 0 atom stereocenters. The highest BCUT2D eigenvalue weighted by Crippen LogP contribution is 2.29. The predicted molar refractivity (Wildman–Crippen MR) is 107 cm³/mol. The molecule has 6 nitrogen and oxygen atoms in total. The first-order valence-electron chi connectivity index (χ1n) is 9.61. The van der Waals surface area contributed by atoms with Crippen molar-refractivity contribution in [3.63, 3.8) is 0 Å². The van der Waals surface area contributed by atoms with Crippen LogP contribution >= 0.6 is 0 Å². The largest absolute Gasteiger partial charge is 0.493 e. The summed E-state index contributed by atoms with van der Waals surface area (Å²) in [4.78, 5) is 21.5. The third-order valence-corrected chi connectivity index (χ3v) is 5.13. The first kappa shape index (κ1) is 17.8. The second kappa shape index (κ2) is 7.96. The maximum Gasteiger partial charge on any atom is 0.255 e. The van der Waals surface area contributed by atoms with Gasteiger partial charge in [-0.3, -0.25) is 4.79 Å². The van der Waals surface area contributed by atoms with Gasteiger partial charge in [0, 0.05) is 31.7 Å². The summed E-state index contributed by atoms with van der Waals surface area (Å²) >= 11 is 0. The molecule has 1 aromatic carbocycles. The average Bonchev–Trinajstić information content (AvgIpc) is 3.53. The van der Waals surface area contributed by atoms with Crippen molar-refractivity contribution < 1.29 is 9.53 Å². The molecule has 1 aliphatic heterocycles. The molecule has 1 N–H and O–H groups in total. The summed E-state index contributed by atoms with van der Waals surface area (Å²) in [6.07, 6.45) is 4.25. The number of aromatic nitrogens is 1. The first-order valence-corrected chi connectivity index (χ1v) is 9.61. The molecule has 1 amide bonds. The topological polar surface area (TPSA) is 57.7 Å². The lowest BCUT2D eigenvalue weighted by atomic mass is 10.2. The lowest BCUT2D eigenvalue weighted by Crippen LogP contribution is -2.44. The van der Waals surface area contributed by atoms with Crippen LogP contribution in [0.25, 0.3) is 0 Å². The number of benzene rings is 1. The second-order valence-corrected chi connectivity index (χ2v) is 7.43. The highest BCUT2D eigenvalue weighted by atomic mass is 16.5. The molecule has 6 heteroatoms. The summed E-state index contributed by atoms with van der Waals surface area (Å²) < 4.78 is 5.71. The van der Waals surface area contributed by atoms with Gasteiger partial charge in [-0.05, 0) is 62.2 Å². The molecule has 1 saturated carbocycles. The van der Waals surface area contributed by atoms with Crippen LogP contribution in [0.2, 0.25) is 0 Å². The Hall–Kier alpha value is -2.60. The number of likely N-dealkylation sites (N-methyl/N-ethyl adjacent to an activating group) is 1. The normalized spacial score (nSPS) is 17.6. The fourth-order valence-corrected chi connectivity index (χ4v) is 3.09. The zero-order valence-electron chi connectivity index (χ0n) is 15.7. The third kappa shape index (κ3) is 4.77. The Morgan fingerprint density at radius 1 is 1.11 bits per heavy atom. The van der Waals surface area contributed by atoms with E-state index >= 15 is 0 Å². The van der Waals surface area contributed by atoms with E-state index in [9.17, 15) is 4.79 Å². The van der Waals surface area contributed by atoms with E-state index in [0.717, 1.165) is 44.4 Å². The van der Waals surface area contributed by atoms with E-state index in [2.05, 4.69) is 27.1 Å². The molecule has 1 aliphatic carbocycles. The van der Waals surface area contributed by atoms with Crippen molar-refractivity contribution in [3.05, 3.63) is 48.2 Å². The number of rotatable bonds is 6. The van der Waals surface area contributed by atoms with Crippen molar-refractivity contribution in [1.29, 1.82) is 0 Å². The van der Waals surface area contributed by atoms with Crippen LogP contribution in [0.3, 0.4) is 0 Å². The van der Waals surface area contributed by atoms with Gasteiger partial charge in [-0.15, -0.1) is 0 Å². The van der Waals surface area contributed by atoms with Crippen molar-refractivity contribution >= 4 is 17.4 Å². The number of carbonyl (C=O) groups excluding carboxylic acids is 1. The van der Waals surface area contributed by atoms with Crippen LogP contribution in [0, 0.1) is 5.92 Å². The number of amides is 1. The van der Waals surface area contributed by atoms with Gasteiger partial charge in [-0.2, -0.15) is 0 Å². The SMILES string of the molecule is CN1CCN(c2ccc(NC(=O)c3ccc(OCC4CC4)cc3)cn2)CC1. The minimum absolute atomic E-state index is 0.141. The van der Waals surface area contributed by atoms with Crippen LogP contribution in [-0.2, 0) is 0 Å². The van der Waals surface area contributed by atoms with E-state index in [0.29, 0.717) is 17.2 Å². The highest BCUT2D eigenvalue weighted by Gasteiger charge is 2.22. The molecule has 4 rings (SSSR count). The lowest BCUT2D eigenvalue weighted by Gasteiger charge is -2.33. The quantitative estimate of drug-likeness (QED) is 0.852.